The van der Waals surface area contributed by atoms with Gasteiger partial charge in [0.25, 0.3) is 0 Å². The summed E-state index contributed by atoms with van der Waals surface area (Å²) in [6.07, 6.45) is 0. The lowest BCUT2D eigenvalue weighted by Gasteiger charge is -2.26. The number of alkyl halides is 1. The maximum absolute atomic E-state index is 11.6. The van der Waals surface area contributed by atoms with Crippen molar-refractivity contribution in [1.82, 2.24) is 4.90 Å². The molecular formula is C16H14ClIN2O. The van der Waals surface area contributed by atoms with E-state index in [4.69, 9.17) is 11.6 Å². The summed E-state index contributed by atoms with van der Waals surface area (Å²) in [4.78, 5) is 13.3. The van der Waals surface area contributed by atoms with E-state index in [9.17, 15) is 4.79 Å². The fraction of sp³-hybridized carbons (Fsp3) is 0.188. The van der Waals surface area contributed by atoms with Gasteiger partial charge in [0.2, 0.25) is 0 Å². The fourth-order valence-electron chi connectivity index (χ4n) is 2.39. The molecule has 1 atom stereocenters. The van der Waals surface area contributed by atoms with Gasteiger partial charge in [-0.2, -0.15) is 0 Å². The third-order valence-corrected chi connectivity index (χ3v) is 4.80. The zero-order valence-corrected chi connectivity index (χ0v) is 14.4. The van der Waals surface area contributed by atoms with Crippen molar-refractivity contribution in [3.8, 4) is 0 Å². The minimum Gasteiger partial charge on any atom is -0.323 e. The van der Waals surface area contributed by atoms with E-state index in [2.05, 4.69) is 46.1 Å². The quantitative estimate of drug-likeness (QED) is 0.567. The lowest BCUT2D eigenvalue weighted by molar-refractivity contribution is 0.218. The summed E-state index contributed by atoms with van der Waals surface area (Å²) in [6, 6.07) is 14.1. The lowest BCUT2D eigenvalue weighted by Crippen LogP contribution is -2.35. The molecule has 2 aromatic carbocycles. The zero-order valence-electron chi connectivity index (χ0n) is 11.4. The summed E-state index contributed by atoms with van der Waals surface area (Å²) >= 11 is 8.87. The fourth-order valence-corrected chi connectivity index (χ4v) is 3.03. The molecule has 1 aliphatic rings. The molecule has 108 valence electrons. The molecule has 5 heteroatoms. The van der Waals surface area contributed by atoms with Crippen LogP contribution in [0.15, 0.2) is 42.5 Å². The van der Waals surface area contributed by atoms with Crippen LogP contribution in [0.3, 0.4) is 0 Å². The van der Waals surface area contributed by atoms with Crippen molar-refractivity contribution in [2.24, 2.45) is 0 Å². The predicted octanol–water partition coefficient (Wildman–Crippen LogP) is 4.60. The second-order valence-corrected chi connectivity index (χ2v) is 6.80. The van der Waals surface area contributed by atoms with Crippen LogP contribution in [0.1, 0.15) is 22.1 Å². The van der Waals surface area contributed by atoms with E-state index in [0.29, 0.717) is 6.54 Å². The van der Waals surface area contributed by atoms with Crippen molar-refractivity contribution in [3.05, 3.63) is 62.7 Å². The monoisotopic (exact) mass is 412 g/mol. The molecule has 3 rings (SSSR count). The van der Waals surface area contributed by atoms with Crippen LogP contribution in [0.4, 0.5) is 10.5 Å². The van der Waals surface area contributed by atoms with E-state index < -0.39 is 0 Å². The van der Waals surface area contributed by atoms with Gasteiger partial charge in [0.1, 0.15) is 0 Å². The van der Waals surface area contributed by atoms with Crippen LogP contribution >= 0.6 is 34.2 Å². The molecule has 0 aliphatic carbocycles. The highest BCUT2D eigenvalue weighted by atomic mass is 127. The summed E-state index contributed by atoms with van der Waals surface area (Å²) in [5, 5.41) is 2.68. The van der Waals surface area contributed by atoms with Gasteiger partial charge in [-0.05, 0) is 57.5 Å². The summed E-state index contributed by atoms with van der Waals surface area (Å²) in [5.41, 5.74) is 4.07. The molecule has 1 heterocycles. The smallest absolute Gasteiger partial charge is 0.321 e. The second-order valence-electron chi connectivity index (χ2n) is 5.12. The van der Waals surface area contributed by atoms with Gasteiger partial charge < -0.3 is 10.2 Å². The summed E-state index contributed by atoms with van der Waals surface area (Å²) in [6.45, 7) is 0.602. The number of carbonyl (C=O) groups excluding carboxylic acids is 1. The number of carbonyl (C=O) groups is 1. The van der Waals surface area contributed by atoms with Crippen molar-refractivity contribution in [2.75, 3.05) is 12.4 Å². The van der Waals surface area contributed by atoms with Crippen molar-refractivity contribution < 1.29 is 4.79 Å². The number of benzene rings is 2. The molecule has 2 amide bonds. The Kier molecular flexibility index (Phi) is 4.08. The van der Waals surface area contributed by atoms with Crippen LogP contribution in [0, 0.1) is 3.57 Å². The SMILES string of the molecule is CN1Cc2cc(C(Cl)c3ccc(I)cc3)ccc2NC1=O. The number of fused-ring (bicyclic) bond motifs is 1. The summed E-state index contributed by atoms with van der Waals surface area (Å²) in [7, 11) is 1.78. The second kappa shape index (κ2) is 5.85. The Morgan fingerprint density at radius 2 is 1.86 bits per heavy atom. The molecule has 0 fully saturated rings. The molecule has 0 saturated heterocycles. The number of urea groups is 1. The van der Waals surface area contributed by atoms with Gasteiger partial charge >= 0.3 is 6.03 Å². The lowest BCUT2D eigenvalue weighted by atomic mass is 10.00. The Hall–Kier alpha value is -1.27. The molecule has 0 radical (unpaired) electrons. The Balaban J connectivity index is 1.91. The third-order valence-electron chi connectivity index (χ3n) is 3.58. The molecular weight excluding hydrogens is 399 g/mol. The highest BCUT2D eigenvalue weighted by Gasteiger charge is 2.21. The van der Waals surface area contributed by atoms with E-state index >= 15 is 0 Å². The first-order chi connectivity index (χ1) is 10.0. The molecule has 1 N–H and O–H groups in total. The van der Waals surface area contributed by atoms with Crippen LogP contribution in [0.5, 0.6) is 0 Å². The highest BCUT2D eigenvalue weighted by molar-refractivity contribution is 14.1. The number of hydrogen-bond donors (Lipinski definition) is 1. The van der Waals surface area contributed by atoms with Crippen LogP contribution in [0.25, 0.3) is 0 Å². The van der Waals surface area contributed by atoms with Crippen molar-refractivity contribution in [1.29, 1.82) is 0 Å². The van der Waals surface area contributed by atoms with Gasteiger partial charge in [-0.25, -0.2) is 4.79 Å². The number of anilines is 1. The van der Waals surface area contributed by atoms with E-state index in [0.717, 1.165) is 22.4 Å². The normalized spacial score (nSPS) is 15.4. The van der Waals surface area contributed by atoms with E-state index in [1.54, 1.807) is 11.9 Å². The zero-order chi connectivity index (χ0) is 15.0. The van der Waals surface area contributed by atoms with Gasteiger partial charge in [0, 0.05) is 22.8 Å². The third kappa shape index (κ3) is 3.01. The van der Waals surface area contributed by atoms with E-state index in [-0.39, 0.29) is 11.4 Å². The largest absolute Gasteiger partial charge is 0.323 e. The predicted molar refractivity (Wildman–Crippen MR) is 93.8 cm³/mol. The minimum atomic E-state index is -0.185. The summed E-state index contributed by atoms with van der Waals surface area (Å²) < 4.78 is 1.19. The average molecular weight is 413 g/mol. The van der Waals surface area contributed by atoms with E-state index in [1.807, 2.05) is 24.3 Å². The maximum atomic E-state index is 11.6. The van der Waals surface area contributed by atoms with Crippen LogP contribution in [-0.4, -0.2) is 18.0 Å². The Labute approximate surface area is 142 Å². The van der Waals surface area contributed by atoms with Gasteiger partial charge in [0.15, 0.2) is 0 Å². The van der Waals surface area contributed by atoms with Crippen molar-refractivity contribution in [3.63, 3.8) is 0 Å². The molecule has 0 aromatic heterocycles. The molecule has 1 unspecified atom stereocenters. The number of rotatable bonds is 2. The highest BCUT2D eigenvalue weighted by Crippen LogP contribution is 2.33. The number of halogens is 2. The summed E-state index contributed by atoms with van der Waals surface area (Å²) in [5.74, 6) is 0. The first-order valence-corrected chi connectivity index (χ1v) is 8.10. The van der Waals surface area contributed by atoms with Crippen LogP contribution in [0.2, 0.25) is 0 Å². The van der Waals surface area contributed by atoms with Crippen molar-refractivity contribution >= 4 is 45.9 Å². The standard InChI is InChI=1S/C16H14ClIN2O/c1-20-9-12-8-11(4-7-14(12)19-16(20)21)15(17)10-2-5-13(18)6-3-10/h2-8,15H,9H2,1H3,(H,19,21). The first kappa shape index (κ1) is 14.7. The van der Waals surface area contributed by atoms with Crippen molar-refractivity contribution in [2.45, 2.75) is 11.9 Å². The Morgan fingerprint density at radius 3 is 2.57 bits per heavy atom. The van der Waals surface area contributed by atoms with Crippen LogP contribution < -0.4 is 5.32 Å². The molecule has 0 bridgehead atoms. The van der Waals surface area contributed by atoms with Gasteiger partial charge in [-0.1, -0.05) is 24.3 Å². The molecule has 2 aromatic rings. The number of amides is 2. The Morgan fingerprint density at radius 1 is 1.19 bits per heavy atom. The average Bonchev–Trinajstić information content (AvgIpc) is 2.48. The van der Waals surface area contributed by atoms with Gasteiger partial charge in [-0.15, -0.1) is 11.6 Å². The van der Waals surface area contributed by atoms with Gasteiger partial charge in [0.05, 0.1) is 5.38 Å². The molecule has 3 nitrogen and oxygen atoms in total. The number of nitrogens with zero attached hydrogens (tertiary/aromatic N) is 1. The minimum absolute atomic E-state index is 0.0738. The molecule has 0 spiro atoms. The Bertz CT molecular complexity index is 687. The first-order valence-electron chi connectivity index (χ1n) is 6.59. The number of hydrogen-bond acceptors (Lipinski definition) is 1. The van der Waals surface area contributed by atoms with Gasteiger partial charge in [-0.3, -0.25) is 0 Å². The molecule has 1 aliphatic heterocycles. The maximum Gasteiger partial charge on any atom is 0.321 e. The van der Waals surface area contributed by atoms with Crippen LogP contribution in [-0.2, 0) is 6.54 Å². The molecule has 0 saturated carbocycles. The molecule has 21 heavy (non-hydrogen) atoms. The van der Waals surface area contributed by atoms with E-state index in [1.165, 1.54) is 3.57 Å². The topological polar surface area (TPSA) is 32.3 Å². The number of nitrogens with one attached hydrogen (secondary N) is 1.